The summed E-state index contributed by atoms with van der Waals surface area (Å²) >= 11 is 0. The molecule has 0 aromatic carbocycles. The minimum atomic E-state index is -0.893. The van der Waals surface area contributed by atoms with Gasteiger partial charge in [0, 0.05) is 31.6 Å². The highest BCUT2D eigenvalue weighted by Gasteiger charge is 2.38. The van der Waals surface area contributed by atoms with E-state index in [-0.39, 0.29) is 30.7 Å². The third-order valence-electron chi connectivity index (χ3n) is 5.46. The van der Waals surface area contributed by atoms with Gasteiger partial charge in [0.05, 0.1) is 12.0 Å². The molecule has 1 aromatic heterocycles. The number of aromatic nitrogens is 2. The van der Waals surface area contributed by atoms with Gasteiger partial charge in [-0.15, -0.1) is 0 Å². The van der Waals surface area contributed by atoms with Crippen LogP contribution >= 0.6 is 0 Å². The first-order valence-corrected chi connectivity index (χ1v) is 9.98. The van der Waals surface area contributed by atoms with Crippen LogP contribution in [0.3, 0.4) is 0 Å². The molecule has 2 aliphatic rings. The minimum absolute atomic E-state index is 0.183. The van der Waals surface area contributed by atoms with Crippen molar-refractivity contribution in [1.29, 1.82) is 0 Å². The van der Waals surface area contributed by atoms with Gasteiger partial charge in [0.25, 0.3) is 0 Å². The molecular formula is C19H28N6O4. The topological polar surface area (TPSA) is 139 Å². The summed E-state index contributed by atoms with van der Waals surface area (Å²) in [5.74, 6) is -1.50. The lowest BCUT2D eigenvalue weighted by Crippen LogP contribution is -2.56. The van der Waals surface area contributed by atoms with Crippen molar-refractivity contribution in [3.8, 4) is 0 Å². The second-order valence-electron chi connectivity index (χ2n) is 7.92. The van der Waals surface area contributed by atoms with Gasteiger partial charge in [-0.3, -0.25) is 19.2 Å². The van der Waals surface area contributed by atoms with Crippen LogP contribution in [0, 0.1) is 0 Å². The first-order chi connectivity index (χ1) is 13.8. The van der Waals surface area contributed by atoms with E-state index in [1.54, 1.807) is 6.33 Å². The van der Waals surface area contributed by atoms with E-state index in [0.29, 0.717) is 31.5 Å². The number of primary amides is 1. The monoisotopic (exact) mass is 404 g/mol. The molecule has 0 aliphatic carbocycles. The Balaban J connectivity index is 1.78. The molecule has 1 aromatic rings. The number of carbonyl (C=O) groups excluding carboxylic acids is 4. The zero-order valence-electron chi connectivity index (χ0n) is 16.8. The number of rotatable bonds is 7. The van der Waals surface area contributed by atoms with Crippen LogP contribution in [-0.4, -0.2) is 62.7 Å². The maximum Gasteiger partial charge on any atom is 0.246 e. The van der Waals surface area contributed by atoms with Crippen molar-refractivity contribution in [2.45, 2.75) is 70.1 Å². The molecule has 158 valence electrons. The van der Waals surface area contributed by atoms with Crippen LogP contribution in [0.15, 0.2) is 12.5 Å². The van der Waals surface area contributed by atoms with Crippen LogP contribution in [0.5, 0.6) is 0 Å². The van der Waals surface area contributed by atoms with E-state index in [1.807, 2.05) is 24.6 Å². The van der Waals surface area contributed by atoms with Crippen LogP contribution in [0.4, 0.5) is 0 Å². The molecular weight excluding hydrogens is 376 g/mol. The third-order valence-corrected chi connectivity index (χ3v) is 5.46. The predicted octanol–water partition coefficient (Wildman–Crippen LogP) is -0.754. The second kappa shape index (κ2) is 8.62. The van der Waals surface area contributed by atoms with Gasteiger partial charge in [0.2, 0.25) is 23.6 Å². The molecule has 2 fully saturated rings. The molecule has 0 spiro atoms. The summed E-state index contributed by atoms with van der Waals surface area (Å²) in [6, 6.07) is -2.00. The van der Waals surface area contributed by atoms with Gasteiger partial charge < -0.3 is 25.8 Å². The Labute approximate surface area is 169 Å². The highest BCUT2D eigenvalue weighted by molar-refractivity contribution is 5.95. The van der Waals surface area contributed by atoms with Crippen LogP contribution in [-0.2, 0) is 25.6 Å². The number of likely N-dealkylation sites (tertiary alicyclic amines) is 1. The normalized spacial score (nSPS) is 22.6. The summed E-state index contributed by atoms with van der Waals surface area (Å²) in [6.45, 7) is 4.44. The fourth-order valence-electron chi connectivity index (χ4n) is 3.79. The summed E-state index contributed by atoms with van der Waals surface area (Å²) < 4.78 is 1.91. The van der Waals surface area contributed by atoms with Gasteiger partial charge in [-0.25, -0.2) is 4.98 Å². The Bertz CT molecular complexity index is 804. The summed E-state index contributed by atoms with van der Waals surface area (Å²) in [7, 11) is 0. The molecule has 29 heavy (non-hydrogen) atoms. The van der Waals surface area contributed by atoms with Gasteiger partial charge in [-0.05, 0) is 33.1 Å². The van der Waals surface area contributed by atoms with Crippen molar-refractivity contribution >= 4 is 23.6 Å². The molecule has 2 saturated heterocycles. The average molecular weight is 404 g/mol. The number of imidazole rings is 1. The zero-order valence-corrected chi connectivity index (χ0v) is 16.8. The van der Waals surface area contributed by atoms with Crippen molar-refractivity contribution in [3.63, 3.8) is 0 Å². The lowest BCUT2D eigenvalue weighted by molar-refractivity contribution is -0.140. The summed E-state index contributed by atoms with van der Waals surface area (Å²) in [6.07, 6.45) is 5.58. The number of amides is 4. The molecule has 0 bridgehead atoms. The smallest absolute Gasteiger partial charge is 0.246 e. The van der Waals surface area contributed by atoms with E-state index < -0.39 is 29.9 Å². The number of nitrogens with one attached hydrogen (secondary N) is 2. The zero-order chi connectivity index (χ0) is 21.1. The Morgan fingerprint density at radius 2 is 2.10 bits per heavy atom. The Morgan fingerprint density at radius 3 is 2.69 bits per heavy atom. The van der Waals surface area contributed by atoms with Gasteiger partial charge >= 0.3 is 0 Å². The Morgan fingerprint density at radius 1 is 1.34 bits per heavy atom. The average Bonchev–Trinajstić information content (AvgIpc) is 3.40. The van der Waals surface area contributed by atoms with E-state index in [0.717, 1.165) is 0 Å². The Kier molecular flexibility index (Phi) is 6.19. The van der Waals surface area contributed by atoms with Gasteiger partial charge in [-0.2, -0.15) is 0 Å². The number of nitrogens with two attached hydrogens (primary N) is 1. The highest BCUT2D eigenvalue weighted by Crippen LogP contribution is 2.19. The fourth-order valence-corrected chi connectivity index (χ4v) is 3.79. The van der Waals surface area contributed by atoms with Crippen LogP contribution in [0.25, 0.3) is 0 Å². The second-order valence-corrected chi connectivity index (χ2v) is 7.92. The molecule has 0 radical (unpaired) electrons. The van der Waals surface area contributed by atoms with Gasteiger partial charge in [0.1, 0.15) is 18.1 Å². The van der Waals surface area contributed by atoms with E-state index >= 15 is 0 Å². The number of hydrogen-bond donors (Lipinski definition) is 3. The molecule has 10 heteroatoms. The highest BCUT2D eigenvalue weighted by atomic mass is 16.2. The van der Waals surface area contributed by atoms with Crippen molar-refractivity contribution in [2.75, 3.05) is 6.54 Å². The maximum absolute atomic E-state index is 13.2. The van der Waals surface area contributed by atoms with Crippen LogP contribution in [0.1, 0.15) is 51.3 Å². The number of nitrogens with zero attached hydrogens (tertiary/aromatic N) is 3. The molecule has 0 saturated carbocycles. The van der Waals surface area contributed by atoms with Gasteiger partial charge in [-0.1, -0.05) is 0 Å². The molecule has 3 atom stereocenters. The van der Waals surface area contributed by atoms with Crippen molar-refractivity contribution in [2.24, 2.45) is 5.73 Å². The molecule has 10 nitrogen and oxygen atoms in total. The largest absolute Gasteiger partial charge is 0.368 e. The number of carbonyl (C=O) groups is 4. The van der Waals surface area contributed by atoms with Crippen molar-refractivity contribution in [3.05, 3.63) is 18.2 Å². The molecule has 3 rings (SSSR count). The lowest BCUT2D eigenvalue weighted by Gasteiger charge is -2.28. The molecule has 0 unspecified atom stereocenters. The molecule has 3 heterocycles. The van der Waals surface area contributed by atoms with Crippen molar-refractivity contribution in [1.82, 2.24) is 25.1 Å². The molecule has 2 aliphatic heterocycles. The van der Waals surface area contributed by atoms with Gasteiger partial charge in [0.15, 0.2) is 0 Å². The van der Waals surface area contributed by atoms with Crippen LogP contribution in [0.2, 0.25) is 0 Å². The third kappa shape index (κ3) is 4.75. The lowest BCUT2D eigenvalue weighted by atomic mass is 10.1. The summed E-state index contributed by atoms with van der Waals surface area (Å²) in [5, 5.41) is 5.36. The molecule has 4 N–H and O–H groups in total. The first kappa shape index (κ1) is 20.8. The standard InChI is InChI=1S/C19H28N6O4/c1-11(2)24-9-12(21-10-24)8-14(23-18(28)13-5-6-16(26)22-13)19(29)25-7-3-4-15(25)17(20)27/h9-11,13-15H,3-8H2,1-2H3,(H2,20,27)(H,22,26)(H,23,28)/t13-,14-,15-/m0/s1. The minimum Gasteiger partial charge on any atom is -0.368 e. The maximum atomic E-state index is 13.2. The molecule has 4 amide bonds. The summed E-state index contributed by atoms with van der Waals surface area (Å²) in [4.78, 5) is 54.8. The predicted molar refractivity (Wildman–Crippen MR) is 103 cm³/mol. The quantitative estimate of drug-likeness (QED) is 0.548. The first-order valence-electron chi connectivity index (χ1n) is 9.98. The fraction of sp³-hybridized carbons (Fsp3) is 0.632. The van der Waals surface area contributed by atoms with Crippen molar-refractivity contribution < 1.29 is 19.2 Å². The number of hydrogen-bond acceptors (Lipinski definition) is 5. The van der Waals surface area contributed by atoms with E-state index in [1.165, 1.54) is 4.90 Å². The van der Waals surface area contributed by atoms with E-state index in [2.05, 4.69) is 15.6 Å². The van der Waals surface area contributed by atoms with Crippen LogP contribution < -0.4 is 16.4 Å². The SMILES string of the molecule is CC(C)n1cnc(C[C@H](NC(=O)[C@@H]2CCC(=O)N2)C(=O)N2CCC[C@H]2C(N)=O)c1. The summed E-state index contributed by atoms with van der Waals surface area (Å²) in [5.41, 5.74) is 6.10. The van der Waals surface area contributed by atoms with E-state index in [9.17, 15) is 19.2 Å². The van der Waals surface area contributed by atoms with E-state index in [4.69, 9.17) is 5.73 Å². The Hall–Kier alpha value is -2.91.